The van der Waals surface area contributed by atoms with Crippen LogP contribution >= 0.6 is 11.6 Å². The van der Waals surface area contributed by atoms with Gasteiger partial charge in [0.1, 0.15) is 0 Å². The Hall–Kier alpha value is -0.620. The fourth-order valence-electron chi connectivity index (χ4n) is 2.44. The zero-order valence-electron chi connectivity index (χ0n) is 9.30. The van der Waals surface area contributed by atoms with Gasteiger partial charge in [0.15, 0.2) is 9.84 Å². The molecule has 6 heteroatoms. The Morgan fingerprint density at radius 2 is 2.18 bits per heavy atom. The maximum Gasteiger partial charge on any atom is 0.152 e. The Kier molecular flexibility index (Phi) is 2.98. The van der Waals surface area contributed by atoms with Crippen LogP contribution in [0.25, 0.3) is 0 Å². The van der Waals surface area contributed by atoms with Crippen molar-refractivity contribution in [3.05, 3.63) is 34.9 Å². The quantitative estimate of drug-likeness (QED) is 0.844. The molecule has 1 fully saturated rings. The first-order valence-electron chi connectivity index (χ1n) is 5.15. The minimum Gasteiger partial charge on any atom is -0.394 e. The van der Waals surface area contributed by atoms with Gasteiger partial charge in [-0.2, -0.15) is 0 Å². The van der Waals surface area contributed by atoms with Crippen molar-refractivity contribution in [1.82, 2.24) is 0 Å². The number of rotatable bonds is 3. The number of aliphatic hydroxyl groups is 1. The number of benzene rings is 1. The van der Waals surface area contributed by atoms with Gasteiger partial charge in [0, 0.05) is 17.2 Å². The monoisotopic (exact) mass is 275 g/mol. The van der Waals surface area contributed by atoms with Gasteiger partial charge in [-0.05, 0) is 17.7 Å². The van der Waals surface area contributed by atoms with E-state index in [1.54, 1.807) is 24.3 Å². The summed E-state index contributed by atoms with van der Waals surface area (Å²) in [4.78, 5) is 0. The van der Waals surface area contributed by atoms with Crippen molar-refractivity contribution in [2.75, 3.05) is 12.9 Å². The first kappa shape index (κ1) is 12.8. The molecule has 1 aromatic carbocycles. The van der Waals surface area contributed by atoms with Crippen LogP contribution in [0.3, 0.4) is 0 Å². The molecule has 0 amide bonds. The highest BCUT2D eigenvalue weighted by Crippen LogP contribution is 2.53. The van der Waals surface area contributed by atoms with E-state index in [1.165, 1.54) is 0 Å². The van der Waals surface area contributed by atoms with Gasteiger partial charge in [0.2, 0.25) is 0 Å². The molecule has 3 N–H and O–H groups in total. The summed E-state index contributed by atoms with van der Waals surface area (Å²) in [5.41, 5.74) is 5.60. The summed E-state index contributed by atoms with van der Waals surface area (Å²) in [6, 6.07) is 6.92. The molecule has 2 rings (SSSR count). The van der Waals surface area contributed by atoms with Crippen molar-refractivity contribution in [2.45, 2.75) is 16.7 Å². The molecule has 17 heavy (non-hydrogen) atoms. The molecule has 1 saturated carbocycles. The second-order valence-corrected chi connectivity index (χ2v) is 7.16. The lowest BCUT2D eigenvalue weighted by Gasteiger charge is -2.06. The molecule has 0 bridgehead atoms. The summed E-state index contributed by atoms with van der Waals surface area (Å²) in [5.74, 6) is -0.388. The van der Waals surface area contributed by atoms with E-state index >= 15 is 0 Å². The molecule has 0 saturated heterocycles. The number of aliphatic hydroxyl groups excluding tert-OH is 1. The molecular weight excluding hydrogens is 262 g/mol. The first-order valence-corrected chi connectivity index (χ1v) is 7.48. The van der Waals surface area contributed by atoms with Gasteiger partial charge in [0.05, 0.1) is 17.4 Å². The number of nitrogens with two attached hydrogens (primary N) is 1. The maximum atomic E-state index is 11.6. The molecular formula is C11H14ClNO3S. The summed E-state index contributed by atoms with van der Waals surface area (Å²) in [6.45, 7) is -0.359. The summed E-state index contributed by atoms with van der Waals surface area (Å²) < 4.78 is 23.2. The Labute approximate surface area is 105 Å². The Morgan fingerprint density at radius 1 is 1.53 bits per heavy atom. The van der Waals surface area contributed by atoms with Crippen LogP contribution in [-0.4, -0.2) is 37.2 Å². The van der Waals surface area contributed by atoms with Crippen LogP contribution in [0.2, 0.25) is 5.02 Å². The van der Waals surface area contributed by atoms with Crippen LogP contribution in [0.1, 0.15) is 11.5 Å². The van der Waals surface area contributed by atoms with E-state index in [1.807, 2.05) is 0 Å². The van der Waals surface area contributed by atoms with E-state index < -0.39 is 20.6 Å². The Morgan fingerprint density at radius 3 is 2.59 bits per heavy atom. The standard InChI is InChI=1S/C11H14ClNO3S/c1-17(15,16)10-9(11(10,13)6-14)7-3-2-4-8(12)5-7/h2-5,9-10,14H,6,13H2,1H3/t9-,10+,11-/m0/s1. The number of hydrogen-bond acceptors (Lipinski definition) is 4. The van der Waals surface area contributed by atoms with Crippen LogP contribution in [0.4, 0.5) is 0 Å². The summed E-state index contributed by atoms with van der Waals surface area (Å²) in [7, 11) is -3.29. The van der Waals surface area contributed by atoms with Crippen molar-refractivity contribution in [3.8, 4) is 0 Å². The lowest BCUT2D eigenvalue weighted by molar-refractivity contribution is 0.253. The average Bonchev–Trinajstić information content (AvgIpc) is 2.86. The van der Waals surface area contributed by atoms with E-state index in [9.17, 15) is 13.5 Å². The molecule has 0 heterocycles. The lowest BCUT2D eigenvalue weighted by Crippen LogP contribution is -2.34. The van der Waals surface area contributed by atoms with Gasteiger partial charge in [-0.3, -0.25) is 0 Å². The molecule has 0 spiro atoms. The van der Waals surface area contributed by atoms with Gasteiger partial charge < -0.3 is 10.8 Å². The average molecular weight is 276 g/mol. The van der Waals surface area contributed by atoms with Crippen molar-refractivity contribution in [1.29, 1.82) is 0 Å². The predicted molar refractivity (Wildman–Crippen MR) is 66.8 cm³/mol. The molecule has 94 valence electrons. The number of halogens is 1. The highest BCUT2D eigenvalue weighted by Gasteiger charge is 2.67. The van der Waals surface area contributed by atoms with E-state index in [-0.39, 0.29) is 12.5 Å². The maximum absolute atomic E-state index is 11.6. The number of hydrogen-bond donors (Lipinski definition) is 2. The van der Waals surface area contributed by atoms with Gasteiger partial charge in [-0.15, -0.1) is 0 Å². The normalized spacial score (nSPS) is 32.5. The fourth-order valence-corrected chi connectivity index (χ4v) is 4.49. The molecule has 3 atom stereocenters. The van der Waals surface area contributed by atoms with Crippen LogP contribution in [0.5, 0.6) is 0 Å². The molecule has 1 aliphatic rings. The lowest BCUT2D eigenvalue weighted by atomic mass is 10.1. The van der Waals surface area contributed by atoms with Crippen LogP contribution in [-0.2, 0) is 9.84 Å². The minimum atomic E-state index is -3.29. The smallest absolute Gasteiger partial charge is 0.152 e. The SMILES string of the molecule is CS(=O)(=O)[C@@H]1[C@H](c2cccc(Cl)c2)[C@@]1(N)CO. The fraction of sp³-hybridized carbons (Fsp3) is 0.455. The third-order valence-electron chi connectivity index (χ3n) is 3.25. The van der Waals surface area contributed by atoms with Gasteiger partial charge in [-0.25, -0.2) is 8.42 Å². The third kappa shape index (κ3) is 2.08. The topological polar surface area (TPSA) is 80.4 Å². The second kappa shape index (κ2) is 3.95. The molecule has 0 aliphatic heterocycles. The van der Waals surface area contributed by atoms with Crippen molar-refractivity contribution in [2.24, 2.45) is 5.73 Å². The van der Waals surface area contributed by atoms with Crippen molar-refractivity contribution < 1.29 is 13.5 Å². The zero-order valence-corrected chi connectivity index (χ0v) is 10.9. The van der Waals surface area contributed by atoms with E-state index in [2.05, 4.69) is 0 Å². The molecule has 1 aliphatic carbocycles. The molecule has 0 radical (unpaired) electrons. The Bertz CT molecular complexity index is 545. The van der Waals surface area contributed by atoms with E-state index in [4.69, 9.17) is 17.3 Å². The molecule has 0 unspecified atom stereocenters. The zero-order chi connectivity index (χ0) is 12.8. The Balaban J connectivity index is 2.41. The highest BCUT2D eigenvalue weighted by molar-refractivity contribution is 7.91. The largest absolute Gasteiger partial charge is 0.394 e. The van der Waals surface area contributed by atoms with E-state index in [0.717, 1.165) is 11.8 Å². The van der Waals surface area contributed by atoms with Crippen LogP contribution in [0, 0.1) is 0 Å². The van der Waals surface area contributed by atoms with Gasteiger partial charge in [-0.1, -0.05) is 23.7 Å². The highest BCUT2D eigenvalue weighted by atomic mass is 35.5. The van der Waals surface area contributed by atoms with Gasteiger partial charge >= 0.3 is 0 Å². The summed E-state index contributed by atoms with van der Waals surface area (Å²) in [6.07, 6.45) is 1.14. The third-order valence-corrected chi connectivity index (χ3v) is 5.11. The predicted octanol–water partition coefficient (Wildman–Crippen LogP) is 0.540. The van der Waals surface area contributed by atoms with E-state index in [0.29, 0.717) is 5.02 Å². The number of sulfone groups is 1. The van der Waals surface area contributed by atoms with Crippen molar-refractivity contribution >= 4 is 21.4 Å². The van der Waals surface area contributed by atoms with Crippen molar-refractivity contribution in [3.63, 3.8) is 0 Å². The second-order valence-electron chi connectivity index (χ2n) is 4.55. The summed E-state index contributed by atoms with van der Waals surface area (Å²) >= 11 is 5.86. The molecule has 4 nitrogen and oxygen atoms in total. The summed E-state index contributed by atoms with van der Waals surface area (Å²) in [5, 5.41) is 9.07. The molecule has 0 aromatic heterocycles. The van der Waals surface area contributed by atoms with Gasteiger partial charge in [0.25, 0.3) is 0 Å². The molecule has 1 aromatic rings. The minimum absolute atomic E-state index is 0.359. The van der Waals surface area contributed by atoms with Crippen LogP contribution in [0.15, 0.2) is 24.3 Å². The van der Waals surface area contributed by atoms with Crippen LogP contribution < -0.4 is 5.73 Å². The first-order chi connectivity index (χ1) is 7.80.